The first kappa shape index (κ1) is 17.8. The molecule has 0 aliphatic heterocycles. The Labute approximate surface area is 118 Å². The van der Waals surface area contributed by atoms with Crippen LogP contribution in [-0.4, -0.2) is 38.7 Å². The van der Waals surface area contributed by atoms with Crippen molar-refractivity contribution < 1.29 is 31.1 Å². The van der Waals surface area contributed by atoms with E-state index in [9.17, 15) is 26.3 Å². The Morgan fingerprint density at radius 2 is 1.90 bits per heavy atom. The van der Waals surface area contributed by atoms with Gasteiger partial charge in [0, 0.05) is 12.1 Å². The predicted molar refractivity (Wildman–Crippen MR) is 64.7 cm³/mol. The van der Waals surface area contributed by atoms with Gasteiger partial charge in [0.2, 0.25) is 0 Å². The van der Waals surface area contributed by atoms with E-state index in [0.717, 1.165) is 6.07 Å². The fraction of sp³-hybridized carbons (Fsp3) is 0.538. The van der Waals surface area contributed by atoms with E-state index in [1.54, 1.807) is 0 Å². The summed E-state index contributed by atoms with van der Waals surface area (Å²) in [5.41, 5.74) is 0.167. The Balaban J connectivity index is 2.52. The summed E-state index contributed by atoms with van der Waals surface area (Å²) in [6, 6.07) is 2.42. The summed E-state index contributed by atoms with van der Waals surface area (Å²) in [4.78, 5) is 0. The van der Waals surface area contributed by atoms with Crippen molar-refractivity contribution in [2.75, 3.05) is 20.3 Å². The van der Waals surface area contributed by atoms with Crippen LogP contribution in [0.15, 0.2) is 18.2 Å². The van der Waals surface area contributed by atoms with Crippen LogP contribution in [0.4, 0.5) is 26.3 Å². The number of ether oxygens (including phenoxy) is 1. The third kappa shape index (κ3) is 5.55. The van der Waals surface area contributed by atoms with Gasteiger partial charge >= 0.3 is 12.3 Å². The number of hydrogen-bond acceptors (Lipinski definition) is 2. The van der Waals surface area contributed by atoms with Crippen molar-refractivity contribution in [3.63, 3.8) is 0 Å². The zero-order valence-electron chi connectivity index (χ0n) is 11.2. The monoisotopic (exact) mass is 315 g/mol. The van der Waals surface area contributed by atoms with Gasteiger partial charge < -0.3 is 10.1 Å². The Hall–Kier alpha value is -1.28. The van der Waals surface area contributed by atoms with Gasteiger partial charge in [-0.25, -0.2) is 17.6 Å². The molecule has 0 radical (unpaired) electrons. The van der Waals surface area contributed by atoms with Gasteiger partial charge in [-0.1, -0.05) is 6.07 Å². The van der Waals surface area contributed by atoms with Crippen molar-refractivity contribution in [2.45, 2.75) is 24.8 Å². The second kappa shape index (κ2) is 7.65. The summed E-state index contributed by atoms with van der Waals surface area (Å²) in [5.74, 6) is -5.72. The van der Waals surface area contributed by atoms with E-state index in [0.29, 0.717) is 6.07 Å². The van der Waals surface area contributed by atoms with E-state index in [1.807, 2.05) is 0 Å². The van der Waals surface area contributed by atoms with Crippen LogP contribution in [0.2, 0.25) is 0 Å². The molecule has 21 heavy (non-hydrogen) atoms. The summed E-state index contributed by atoms with van der Waals surface area (Å²) in [5, 5.41) is 2.69. The lowest BCUT2D eigenvalue weighted by Gasteiger charge is -2.20. The molecule has 0 saturated carbocycles. The molecule has 0 aromatic heterocycles. The average molecular weight is 315 g/mol. The normalized spacial score (nSPS) is 13.7. The molecule has 8 heteroatoms. The third-order valence-corrected chi connectivity index (χ3v) is 2.82. The van der Waals surface area contributed by atoms with E-state index in [1.165, 1.54) is 13.1 Å². The van der Waals surface area contributed by atoms with Crippen molar-refractivity contribution in [2.24, 2.45) is 0 Å². The number of halogens is 6. The van der Waals surface area contributed by atoms with Crippen LogP contribution >= 0.6 is 0 Å². The highest BCUT2D eigenvalue weighted by molar-refractivity contribution is 5.19. The van der Waals surface area contributed by atoms with Gasteiger partial charge in [-0.05, 0) is 25.1 Å². The fourth-order valence-corrected chi connectivity index (χ4v) is 1.60. The SMILES string of the molecule is CNC(COCC(F)(F)C(F)F)Cc1ccc(F)cc1F. The maximum atomic E-state index is 13.4. The summed E-state index contributed by atoms with van der Waals surface area (Å²) in [7, 11) is 1.49. The number of hydrogen-bond donors (Lipinski definition) is 1. The van der Waals surface area contributed by atoms with E-state index in [-0.39, 0.29) is 18.6 Å². The van der Waals surface area contributed by atoms with Crippen LogP contribution in [0.25, 0.3) is 0 Å². The molecule has 1 atom stereocenters. The summed E-state index contributed by atoms with van der Waals surface area (Å²) >= 11 is 0. The highest BCUT2D eigenvalue weighted by atomic mass is 19.3. The van der Waals surface area contributed by atoms with Gasteiger partial charge in [0.05, 0.1) is 6.61 Å². The first-order valence-corrected chi connectivity index (χ1v) is 6.11. The van der Waals surface area contributed by atoms with Crippen LogP contribution in [0.5, 0.6) is 0 Å². The Morgan fingerprint density at radius 1 is 1.24 bits per heavy atom. The maximum absolute atomic E-state index is 13.4. The van der Waals surface area contributed by atoms with Gasteiger partial charge in [-0.15, -0.1) is 0 Å². The highest BCUT2D eigenvalue weighted by Crippen LogP contribution is 2.23. The molecule has 0 saturated heterocycles. The Bertz CT molecular complexity index is 454. The minimum Gasteiger partial charge on any atom is -0.373 e. The summed E-state index contributed by atoms with van der Waals surface area (Å²) in [6.07, 6.45) is -3.76. The third-order valence-electron chi connectivity index (χ3n) is 2.82. The molecule has 0 aliphatic rings. The zero-order valence-corrected chi connectivity index (χ0v) is 11.2. The minimum atomic E-state index is -4.22. The number of nitrogens with one attached hydrogen (secondary N) is 1. The van der Waals surface area contributed by atoms with E-state index in [2.05, 4.69) is 10.1 Å². The van der Waals surface area contributed by atoms with Gasteiger partial charge in [-0.3, -0.25) is 0 Å². The Kier molecular flexibility index (Phi) is 6.47. The molecule has 0 fully saturated rings. The van der Waals surface area contributed by atoms with E-state index in [4.69, 9.17) is 0 Å². The lowest BCUT2D eigenvalue weighted by Crippen LogP contribution is -2.37. The molecule has 2 nitrogen and oxygen atoms in total. The predicted octanol–water partition coefficient (Wildman–Crippen LogP) is 3.01. The second-order valence-corrected chi connectivity index (χ2v) is 4.50. The molecule has 1 aromatic carbocycles. The van der Waals surface area contributed by atoms with E-state index < -0.39 is 36.6 Å². The molecule has 1 aromatic rings. The Morgan fingerprint density at radius 3 is 2.43 bits per heavy atom. The van der Waals surface area contributed by atoms with Gasteiger partial charge in [0.1, 0.15) is 18.2 Å². The molecule has 120 valence electrons. The summed E-state index contributed by atoms with van der Waals surface area (Å²) < 4.78 is 79.9. The lowest BCUT2D eigenvalue weighted by molar-refractivity contribution is -0.166. The van der Waals surface area contributed by atoms with Gasteiger partial charge in [0.15, 0.2) is 0 Å². The molecule has 0 spiro atoms. The molecule has 0 aliphatic carbocycles. The van der Waals surface area contributed by atoms with Crippen LogP contribution in [0.1, 0.15) is 5.56 Å². The number of benzene rings is 1. The average Bonchev–Trinajstić information content (AvgIpc) is 2.39. The quantitative estimate of drug-likeness (QED) is 0.745. The summed E-state index contributed by atoms with van der Waals surface area (Å²) in [6.45, 7) is -1.73. The van der Waals surface area contributed by atoms with Gasteiger partial charge in [-0.2, -0.15) is 8.78 Å². The molecule has 1 N–H and O–H groups in total. The van der Waals surface area contributed by atoms with Crippen molar-refractivity contribution >= 4 is 0 Å². The van der Waals surface area contributed by atoms with Crippen LogP contribution < -0.4 is 5.32 Å². The molecule has 0 bridgehead atoms. The van der Waals surface area contributed by atoms with Crippen molar-refractivity contribution in [1.82, 2.24) is 5.32 Å². The number of alkyl halides is 4. The second-order valence-electron chi connectivity index (χ2n) is 4.50. The largest absolute Gasteiger partial charge is 0.373 e. The van der Waals surface area contributed by atoms with Crippen LogP contribution in [0, 0.1) is 11.6 Å². The first-order valence-electron chi connectivity index (χ1n) is 6.11. The van der Waals surface area contributed by atoms with Gasteiger partial charge in [0.25, 0.3) is 0 Å². The first-order chi connectivity index (χ1) is 9.76. The zero-order chi connectivity index (χ0) is 16.0. The molecule has 1 unspecified atom stereocenters. The maximum Gasteiger partial charge on any atom is 0.330 e. The van der Waals surface area contributed by atoms with Crippen LogP contribution in [0.3, 0.4) is 0 Å². The van der Waals surface area contributed by atoms with E-state index >= 15 is 0 Å². The molecule has 0 amide bonds. The molecule has 0 heterocycles. The topological polar surface area (TPSA) is 21.3 Å². The van der Waals surface area contributed by atoms with Crippen molar-refractivity contribution in [3.8, 4) is 0 Å². The highest BCUT2D eigenvalue weighted by Gasteiger charge is 2.41. The number of rotatable bonds is 8. The van der Waals surface area contributed by atoms with Crippen molar-refractivity contribution in [1.29, 1.82) is 0 Å². The standard InChI is InChI=1S/C13H15F6NO/c1-20-10(6-21-7-13(18,19)12(16)17)4-8-2-3-9(14)5-11(8)15/h2-3,5,10,12,20H,4,6-7H2,1H3. The smallest absolute Gasteiger partial charge is 0.330 e. The molecule has 1 rings (SSSR count). The van der Waals surface area contributed by atoms with Crippen molar-refractivity contribution in [3.05, 3.63) is 35.4 Å². The minimum absolute atomic E-state index is 0.0445. The fourth-order valence-electron chi connectivity index (χ4n) is 1.60. The number of likely N-dealkylation sites (N-methyl/N-ethyl adjacent to an activating group) is 1. The molecular weight excluding hydrogens is 300 g/mol. The molecular formula is C13H15F6NO. The lowest BCUT2D eigenvalue weighted by atomic mass is 10.1. The van der Waals surface area contributed by atoms with Crippen LogP contribution in [-0.2, 0) is 11.2 Å².